The van der Waals surface area contributed by atoms with Gasteiger partial charge in [-0.15, -0.1) is 0 Å². The maximum Gasteiger partial charge on any atom is 0.326 e. The number of amides is 2. The molecule has 0 spiro atoms. The summed E-state index contributed by atoms with van der Waals surface area (Å²) in [4.78, 5) is 36.1. The standard InChI is InChI=1S/C14H24N2O4/c1-3-4-5-12(14(19)20)15-13(18)11-6-8-16(9-7-11)10(2)17/h11-12H,3-9H2,1-2H3,(H,15,18)(H,19,20). The maximum atomic E-state index is 12.1. The molecular weight excluding hydrogens is 260 g/mol. The number of aliphatic carboxylic acids is 1. The highest BCUT2D eigenvalue weighted by molar-refractivity contribution is 5.85. The van der Waals surface area contributed by atoms with E-state index in [9.17, 15) is 14.4 Å². The van der Waals surface area contributed by atoms with Crippen molar-refractivity contribution in [1.29, 1.82) is 0 Å². The van der Waals surface area contributed by atoms with Crippen LogP contribution in [0.15, 0.2) is 0 Å². The van der Waals surface area contributed by atoms with Crippen molar-refractivity contribution in [1.82, 2.24) is 10.2 Å². The van der Waals surface area contributed by atoms with Crippen LogP contribution in [0.25, 0.3) is 0 Å². The molecule has 114 valence electrons. The molecule has 2 amide bonds. The Hall–Kier alpha value is -1.59. The Bertz CT molecular complexity index is 362. The fourth-order valence-electron chi connectivity index (χ4n) is 2.41. The lowest BCUT2D eigenvalue weighted by Gasteiger charge is -2.31. The van der Waals surface area contributed by atoms with E-state index in [0.717, 1.165) is 12.8 Å². The molecule has 1 aliphatic heterocycles. The van der Waals surface area contributed by atoms with Gasteiger partial charge in [0.15, 0.2) is 0 Å². The average molecular weight is 284 g/mol. The first kappa shape index (κ1) is 16.5. The molecule has 0 aliphatic carbocycles. The minimum atomic E-state index is -0.979. The summed E-state index contributed by atoms with van der Waals surface area (Å²) in [6.45, 7) is 4.64. The van der Waals surface area contributed by atoms with Crippen LogP contribution in [0.5, 0.6) is 0 Å². The zero-order valence-electron chi connectivity index (χ0n) is 12.2. The van der Waals surface area contributed by atoms with Crippen molar-refractivity contribution in [3.63, 3.8) is 0 Å². The summed E-state index contributed by atoms with van der Waals surface area (Å²) >= 11 is 0. The van der Waals surface area contributed by atoms with Gasteiger partial charge in [-0.05, 0) is 19.3 Å². The van der Waals surface area contributed by atoms with Crippen molar-refractivity contribution in [2.75, 3.05) is 13.1 Å². The lowest BCUT2D eigenvalue weighted by atomic mass is 9.95. The Morgan fingerprint density at radius 1 is 1.30 bits per heavy atom. The molecule has 0 aromatic rings. The Kier molecular flexibility index (Phi) is 6.48. The summed E-state index contributed by atoms with van der Waals surface area (Å²) in [5.74, 6) is -1.34. The zero-order valence-corrected chi connectivity index (χ0v) is 12.2. The van der Waals surface area contributed by atoms with Gasteiger partial charge in [-0.2, -0.15) is 0 Å². The molecule has 1 aliphatic rings. The van der Waals surface area contributed by atoms with Crippen LogP contribution in [0.4, 0.5) is 0 Å². The number of hydrogen-bond donors (Lipinski definition) is 2. The number of carboxylic acid groups (broad SMARTS) is 1. The monoisotopic (exact) mass is 284 g/mol. The van der Waals surface area contributed by atoms with Gasteiger partial charge in [0.2, 0.25) is 11.8 Å². The normalized spacial score (nSPS) is 17.6. The van der Waals surface area contributed by atoms with E-state index in [-0.39, 0.29) is 17.7 Å². The number of carbonyl (C=O) groups is 3. The molecule has 1 heterocycles. The summed E-state index contributed by atoms with van der Waals surface area (Å²) in [7, 11) is 0. The molecule has 0 radical (unpaired) electrons. The summed E-state index contributed by atoms with van der Waals surface area (Å²) in [5, 5.41) is 11.7. The van der Waals surface area contributed by atoms with Gasteiger partial charge >= 0.3 is 5.97 Å². The van der Waals surface area contributed by atoms with Crippen LogP contribution in [0.1, 0.15) is 46.0 Å². The molecular formula is C14H24N2O4. The fraction of sp³-hybridized carbons (Fsp3) is 0.786. The van der Waals surface area contributed by atoms with Gasteiger partial charge in [0.1, 0.15) is 6.04 Å². The molecule has 0 bridgehead atoms. The van der Waals surface area contributed by atoms with Gasteiger partial charge in [0.05, 0.1) is 0 Å². The molecule has 20 heavy (non-hydrogen) atoms. The van der Waals surface area contributed by atoms with Gasteiger partial charge in [-0.1, -0.05) is 19.8 Å². The highest BCUT2D eigenvalue weighted by atomic mass is 16.4. The number of carbonyl (C=O) groups excluding carboxylic acids is 2. The number of hydrogen-bond acceptors (Lipinski definition) is 3. The molecule has 0 aromatic carbocycles. The molecule has 0 aromatic heterocycles. The predicted molar refractivity (Wildman–Crippen MR) is 74.1 cm³/mol. The van der Waals surface area contributed by atoms with E-state index in [2.05, 4.69) is 5.32 Å². The van der Waals surface area contributed by atoms with E-state index >= 15 is 0 Å². The molecule has 1 unspecified atom stereocenters. The number of nitrogens with one attached hydrogen (secondary N) is 1. The second-order valence-corrected chi connectivity index (χ2v) is 5.32. The predicted octanol–water partition coefficient (Wildman–Crippen LogP) is 1.00. The van der Waals surface area contributed by atoms with Crippen LogP contribution < -0.4 is 5.32 Å². The molecule has 1 fully saturated rings. The van der Waals surface area contributed by atoms with Crippen LogP contribution in [0, 0.1) is 5.92 Å². The topological polar surface area (TPSA) is 86.7 Å². The number of piperidine rings is 1. The summed E-state index contributed by atoms with van der Waals surface area (Å²) in [6.07, 6.45) is 3.34. The first-order valence-electron chi connectivity index (χ1n) is 7.24. The van der Waals surface area contributed by atoms with Crippen molar-refractivity contribution in [3.05, 3.63) is 0 Å². The number of likely N-dealkylation sites (tertiary alicyclic amines) is 1. The van der Waals surface area contributed by atoms with Gasteiger partial charge in [-0.3, -0.25) is 9.59 Å². The minimum absolute atomic E-state index is 0.0233. The zero-order chi connectivity index (χ0) is 15.1. The second kappa shape index (κ2) is 7.87. The van der Waals surface area contributed by atoms with E-state index in [1.54, 1.807) is 4.90 Å². The maximum absolute atomic E-state index is 12.1. The van der Waals surface area contributed by atoms with Crippen molar-refractivity contribution >= 4 is 17.8 Å². The lowest BCUT2D eigenvalue weighted by Crippen LogP contribution is -2.47. The van der Waals surface area contributed by atoms with Crippen molar-refractivity contribution < 1.29 is 19.5 Å². The van der Waals surface area contributed by atoms with Gasteiger partial charge < -0.3 is 15.3 Å². The fourth-order valence-corrected chi connectivity index (χ4v) is 2.41. The Labute approximate surface area is 119 Å². The second-order valence-electron chi connectivity index (χ2n) is 5.32. The van der Waals surface area contributed by atoms with E-state index in [1.807, 2.05) is 6.92 Å². The first-order valence-corrected chi connectivity index (χ1v) is 7.24. The van der Waals surface area contributed by atoms with E-state index < -0.39 is 12.0 Å². The third-order valence-electron chi connectivity index (χ3n) is 3.77. The van der Waals surface area contributed by atoms with Crippen LogP contribution in [-0.2, 0) is 14.4 Å². The van der Waals surface area contributed by atoms with Crippen molar-refractivity contribution in [2.45, 2.75) is 52.0 Å². The molecule has 1 atom stereocenters. The molecule has 1 saturated heterocycles. The van der Waals surface area contributed by atoms with Crippen LogP contribution >= 0.6 is 0 Å². The average Bonchev–Trinajstić information content (AvgIpc) is 2.42. The Balaban J connectivity index is 2.45. The van der Waals surface area contributed by atoms with Gasteiger partial charge in [0, 0.05) is 25.9 Å². The minimum Gasteiger partial charge on any atom is -0.480 e. The summed E-state index contributed by atoms with van der Waals surface area (Å²) in [5.41, 5.74) is 0. The molecule has 2 N–H and O–H groups in total. The number of rotatable bonds is 6. The molecule has 0 saturated carbocycles. The lowest BCUT2D eigenvalue weighted by molar-refractivity contribution is -0.143. The van der Waals surface area contributed by atoms with E-state index in [1.165, 1.54) is 6.92 Å². The van der Waals surface area contributed by atoms with E-state index in [4.69, 9.17) is 5.11 Å². The molecule has 6 heteroatoms. The van der Waals surface area contributed by atoms with Crippen LogP contribution in [0.2, 0.25) is 0 Å². The van der Waals surface area contributed by atoms with Crippen molar-refractivity contribution in [2.24, 2.45) is 5.92 Å². The third kappa shape index (κ3) is 4.83. The number of carboxylic acids is 1. The number of unbranched alkanes of at least 4 members (excludes halogenated alkanes) is 1. The number of nitrogens with zero attached hydrogens (tertiary/aromatic N) is 1. The first-order chi connectivity index (χ1) is 9.45. The summed E-state index contributed by atoms with van der Waals surface area (Å²) < 4.78 is 0. The smallest absolute Gasteiger partial charge is 0.326 e. The highest BCUT2D eigenvalue weighted by Gasteiger charge is 2.28. The summed E-state index contributed by atoms with van der Waals surface area (Å²) in [6, 6.07) is -0.798. The molecule has 1 rings (SSSR count). The quantitative estimate of drug-likeness (QED) is 0.762. The van der Waals surface area contributed by atoms with Crippen molar-refractivity contribution in [3.8, 4) is 0 Å². The van der Waals surface area contributed by atoms with Gasteiger partial charge in [-0.25, -0.2) is 4.79 Å². The van der Waals surface area contributed by atoms with E-state index in [0.29, 0.717) is 32.4 Å². The largest absolute Gasteiger partial charge is 0.480 e. The SMILES string of the molecule is CCCCC(NC(=O)C1CCN(C(C)=O)CC1)C(=O)O. The van der Waals surface area contributed by atoms with Crippen LogP contribution in [-0.4, -0.2) is 46.9 Å². The van der Waals surface area contributed by atoms with Crippen LogP contribution in [0.3, 0.4) is 0 Å². The Morgan fingerprint density at radius 2 is 1.90 bits per heavy atom. The molecule has 6 nitrogen and oxygen atoms in total. The third-order valence-corrected chi connectivity index (χ3v) is 3.77. The highest BCUT2D eigenvalue weighted by Crippen LogP contribution is 2.18. The Morgan fingerprint density at radius 3 is 2.35 bits per heavy atom. The van der Waals surface area contributed by atoms with Gasteiger partial charge in [0.25, 0.3) is 0 Å².